The quantitative estimate of drug-likeness (QED) is 0.167. The van der Waals surface area contributed by atoms with E-state index in [1.807, 2.05) is 11.3 Å². The minimum atomic E-state index is 0.866. The lowest BCUT2D eigenvalue weighted by molar-refractivity contribution is 0.673. The molecule has 0 radical (unpaired) electrons. The van der Waals surface area contributed by atoms with Gasteiger partial charge in [0.1, 0.15) is 11.2 Å². The van der Waals surface area contributed by atoms with Gasteiger partial charge in [0.2, 0.25) is 0 Å². The SMILES string of the molecule is c1ccc(-c2cc3c(cc2N(c2ccccc2)c2ccc(-c4ccc5c(c4)sc4ccccc45)cc2)oc2c4ccccc4c4ccccc4c32)cc1. The first-order chi connectivity index (χ1) is 26.3. The summed E-state index contributed by atoms with van der Waals surface area (Å²) < 4.78 is 9.57. The molecule has 2 nitrogen and oxygen atoms in total. The normalized spacial score (nSPS) is 11.8. The lowest BCUT2D eigenvalue weighted by Crippen LogP contribution is -2.11. The smallest absolute Gasteiger partial charge is 0.143 e. The Morgan fingerprint density at radius 2 is 0.962 bits per heavy atom. The number of fused-ring (bicyclic) bond motifs is 11. The van der Waals surface area contributed by atoms with Crippen molar-refractivity contribution in [1.29, 1.82) is 0 Å². The molecule has 0 N–H and O–H groups in total. The second-order valence-corrected chi connectivity index (χ2v) is 14.7. The van der Waals surface area contributed by atoms with E-state index in [2.05, 4.69) is 193 Å². The van der Waals surface area contributed by atoms with E-state index in [4.69, 9.17) is 4.42 Å². The zero-order valence-corrected chi connectivity index (χ0v) is 29.5. The molecular weight excluding hydrogens is 663 g/mol. The summed E-state index contributed by atoms with van der Waals surface area (Å²) in [6, 6.07) is 67.8. The summed E-state index contributed by atoms with van der Waals surface area (Å²) in [4.78, 5) is 2.37. The van der Waals surface area contributed by atoms with Crippen LogP contribution in [0.25, 0.3) is 85.9 Å². The van der Waals surface area contributed by atoms with Crippen molar-refractivity contribution < 1.29 is 4.42 Å². The van der Waals surface area contributed by atoms with Gasteiger partial charge in [-0.3, -0.25) is 0 Å². The molecule has 0 saturated heterocycles. The molecule has 2 heterocycles. The minimum Gasteiger partial charge on any atom is -0.455 e. The second-order valence-electron chi connectivity index (χ2n) is 13.7. The summed E-state index contributed by atoms with van der Waals surface area (Å²) in [6.07, 6.45) is 0. The highest BCUT2D eigenvalue weighted by atomic mass is 32.1. The van der Waals surface area contributed by atoms with Gasteiger partial charge < -0.3 is 9.32 Å². The van der Waals surface area contributed by atoms with Crippen LogP contribution in [-0.2, 0) is 0 Å². The van der Waals surface area contributed by atoms with Crippen LogP contribution in [0, 0.1) is 0 Å². The number of anilines is 3. The van der Waals surface area contributed by atoms with Crippen molar-refractivity contribution in [3.05, 3.63) is 188 Å². The van der Waals surface area contributed by atoms with Crippen molar-refractivity contribution in [1.82, 2.24) is 0 Å². The van der Waals surface area contributed by atoms with Gasteiger partial charge in [0.25, 0.3) is 0 Å². The first kappa shape index (κ1) is 30.0. The van der Waals surface area contributed by atoms with Crippen molar-refractivity contribution in [2.75, 3.05) is 4.90 Å². The number of hydrogen-bond donors (Lipinski definition) is 0. The predicted molar refractivity (Wildman–Crippen MR) is 227 cm³/mol. The molecule has 0 aliphatic carbocycles. The number of benzene rings is 9. The van der Waals surface area contributed by atoms with E-state index >= 15 is 0 Å². The van der Waals surface area contributed by atoms with Gasteiger partial charge in [0, 0.05) is 59.3 Å². The van der Waals surface area contributed by atoms with Gasteiger partial charge in [-0.05, 0) is 75.3 Å². The largest absolute Gasteiger partial charge is 0.455 e. The van der Waals surface area contributed by atoms with E-state index < -0.39 is 0 Å². The van der Waals surface area contributed by atoms with Crippen LogP contribution in [-0.4, -0.2) is 0 Å². The molecule has 0 amide bonds. The average molecular weight is 694 g/mol. The van der Waals surface area contributed by atoms with Gasteiger partial charge in [-0.2, -0.15) is 0 Å². The van der Waals surface area contributed by atoms with Crippen molar-refractivity contribution in [2.45, 2.75) is 0 Å². The summed E-state index contributed by atoms with van der Waals surface area (Å²) in [6.45, 7) is 0. The van der Waals surface area contributed by atoms with Crippen LogP contribution in [0.1, 0.15) is 0 Å². The Labute approximate surface area is 310 Å². The van der Waals surface area contributed by atoms with Crippen LogP contribution < -0.4 is 4.90 Å². The van der Waals surface area contributed by atoms with E-state index in [1.165, 1.54) is 47.5 Å². The standard InChI is InChI=1S/C50H31NOS/c1-3-13-33(14-4-1)43-30-44-46(52-50-42-21-10-8-18-38(42)37-17-7-9-20-41(37)49(44)50)31-45(43)51(35-15-5-2-6-16-35)36-26-23-32(24-27-36)34-25-28-40-39-19-11-12-22-47(39)53-48(40)29-34/h1-31H. The molecule has 0 fully saturated rings. The highest BCUT2D eigenvalue weighted by Crippen LogP contribution is 2.47. The van der Waals surface area contributed by atoms with E-state index in [9.17, 15) is 0 Å². The fourth-order valence-corrected chi connectivity index (χ4v) is 9.33. The van der Waals surface area contributed by atoms with Gasteiger partial charge in [-0.25, -0.2) is 0 Å². The lowest BCUT2D eigenvalue weighted by Gasteiger charge is -2.28. The van der Waals surface area contributed by atoms with Gasteiger partial charge in [-0.15, -0.1) is 11.3 Å². The zero-order valence-electron chi connectivity index (χ0n) is 28.7. The summed E-state index contributed by atoms with van der Waals surface area (Å²) in [5.74, 6) is 0. The van der Waals surface area contributed by atoms with Gasteiger partial charge in [0.05, 0.1) is 5.69 Å². The Balaban J connectivity index is 1.13. The Morgan fingerprint density at radius 1 is 0.377 bits per heavy atom. The van der Waals surface area contributed by atoms with Crippen LogP contribution in [0.15, 0.2) is 192 Å². The molecule has 248 valence electrons. The molecule has 0 aliphatic rings. The summed E-state index contributed by atoms with van der Waals surface area (Å²) in [5.41, 5.74) is 9.70. The molecule has 0 saturated carbocycles. The van der Waals surface area contributed by atoms with Crippen LogP contribution in [0.4, 0.5) is 17.1 Å². The molecule has 11 rings (SSSR count). The maximum absolute atomic E-state index is 6.94. The van der Waals surface area contributed by atoms with Crippen LogP contribution in [0.5, 0.6) is 0 Å². The second kappa shape index (κ2) is 11.9. The Kier molecular flexibility index (Phi) is 6.76. The number of para-hydroxylation sites is 1. The first-order valence-corrected chi connectivity index (χ1v) is 18.8. The Hall–Kier alpha value is -6.68. The molecule has 0 spiro atoms. The summed E-state index contributed by atoms with van der Waals surface area (Å²) in [7, 11) is 0. The maximum Gasteiger partial charge on any atom is 0.143 e. The minimum absolute atomic E-state index is 0.866. The van der Waals surface area contributed by atoms with E-state index in [-0.39, 0.29) is 0 Å². The molecule has 0 atom stereocenters. The molecule has 0 unspecified atom stereocenters. The third-order valence-corrected chi connectivity index (χ3v) is 11.8. The van der Waals surface area contributed by atoms with Crippen molar-refractivity contribution in [3.8, 4) is 22.3 Å². The first-order valence-electron chi connectivity index (χ1n) is 18.0. The molecule has 11 aromatic rings. The number of thiophene rings is 1. The highest BCUT2D eigenvalue weighted by Gasteiger charge is 2.23. The number of hydrogen-bond acceptors (Lipinski definition) is 3. The van der Waals surface area contributed by atoms with Gasteiger partial charge >= 0.3 is 0 Å². The maximum atomic E-state index is 6.94. The predicted octanol–water partition coefficient (Wildman–Crippen LogP) is 15.1. The van der Waals surface area contributed by atoms with Crippen LogP contribution in [0.2, 0.25) is 0 Å². The highest BCUT2D eigenvalue weighted by molar-refractivity contribution is 7.25. The molecule has 0 aliphatic heterocycles. The third-order valence-electron chi connectivity index (χ3n) is 10.6. The van der Waals surface area contributed by atoms with Crippen molar-refractivity contribution >= 4 is 92.1 Å². The van der Waals surface area contributed by atoms with Crippen LogP contribution in [0.3, 0.4) is 0 Å². The summed E-state index contributed by atoms with van der Waals surface area (Å²) in [5, 5.41) is 9.69. The monoisotopic (exact) mass is 693 g/mol. The third kappa shape index (κ3) is 4.78. The fraction of sp³-hybridized carbons (Fsp3) is 0. The van der Waals surface area contributed by atoms with E-state index in [1.54, 1.807) is 0 Å². The molecular formula is C50H31NOS. The molecule has 9 aromatic carbocycles. The van der Waals surface area contributed by atoms with E-state index in [0.717, 1.165) is 55.5 Å². The Bertz CT molecular complexity index is 3160. The van der Waals surface area contributed by atoms with Crippen molar-refractivity contribution in [3.63, 3.8) is 0 Å². The molecule has 3 heteroatoms. The summed E-state index contributed by atoms with van der Waals surface area (Å²) >= 11 is 1.86. The fourth-order valence-electron chi connectivity index (χ4n) is 8.19. The molecule has 2 aromatic heterocycles. The average Bonchev–Trinajstić information content (AvgIpc) is 3.80. The molecule has 0 bridgehead atoms. The zero-order chi connectivity index (χ0) is 34.9. The van der Waals surface area contributed by atoms with E-state index in [0.29, 0.717) is 0 Å². The lowest BCUT2D eigenvalue weighted by atomic mass is 9.94. The number of rotatable bonds is 5. The van der Waals surface area contributed by atoms with Crippen LogP contribution >= 0.6 is 11.3 Å². The number of furan rings is 1. The number of nitrogens with zero attached hydrogens (tertiary/aromatic N) is 1. The van der Waals surface area contributed by atoms with Gasteiger partial charge in [-0.1, -0.05) is 140 Å². The van der Waals surface area contributed by atoms with Gasteiger partial charge in [0.15, 0.2) is 0 Å². The van der Waals surface area contributed by atoms with Crippen molar-refractivity contribution in [2.24, 2.45) is 0 Å². The Morgan fingerprint density at radius 3 is 1.74 bits per heavy atom. The topological polar surface area (TPSA) is 16.4 Å². The molecule has 53 heavy (non-hydrogen) atoms.